The minimum atomic E-state index is -3.10. The first-order valence-corrected chi connectivity index (χ1v) is 13.6. The van der Waals surface area contributed by atoms with Gasteiger partial charge in [0.05, 0.1) is 0 Å². The molecule has 0 spiro atoms. The molecule has 0 aromatic heterocycles. The highest BCUT2D eigenvalue weighted by atomic mass is 35.5. The number of nitrogens with one attached hydrogen (secondary N) is 1. The van der Waals surface area contributed by atoms with Crippen LogP contribution in [0.15, 0.2) is 48.5 Å². The SMILES string of the molecule is C[C@@H]1CN1N(CC(=O)N(c1cccc(F)c1)C(C(=O)NC1CCCCC1)c1ccccc1Cl)[SH](=O)=O. The summed E-state index contributed by atoms with van der Waals surface area (Å²) in [7, 11) is -3.10. The Morgan fingerprint density at radius 2 is 1.83 bits per heavy atom. The van der Waals surface area contributed by atoms with E-state index in [1.807, 2.05) is 6.92 Å². The molecule has 1 N–H and O–H groups in total. The van der Waals surface area contributed by atoms with E-state index in [1.165, 1.54) is 18.2 Å². The normalized spacial score (nSPS) is 20.8. The van der Waals surface area contributed by atoms with Crippen molar-refractivity contribution in [1.82, 2.24) is 14.7 Å². The standard InChI is InChI=1S/C25H30ClFN4O4S/c1-17-15-29(17)30(36(34)35)16-23(32)31(20-11-7-8-18(27)14-20)24(21-12-5-6-13-22(21)26)25(33)28-19-9-3-2-4-10-19/h5-8,11-14,17,19,24,36H,2-4,9-10,15-16H2,1H3,(H,28,33)/t17-,24?,29?/m1/s1. The Labute approximate surface area is 217 Å². The quantitative estimate of drug-likeness (QED) is 0.378. The summed E-state index contributed by atoms with van der Waals surface area (Å²) < 4.78 is 39.2. The maximum Gasteiger partial charge on any atom is 0.248 e. The molecule has 1 heterocycles. The minimum Gasteiger partial charge on any atom is -0.351 e. The molecular formula is C25H30ClFN4O4S. The Kier molecular flexibility index (Phi) is 8.61. The summed E-state index contributed by atoms with van der Waals surface area (Å²) in [6.07, 6.45) is 4.74. The van der Waals surface area contributed by atoms with Crippen molar-refractivity contribution < 1.29 is 22.4 Å². The number of carbonyl (C=O) groups excluding carboxylic acids is 2. The van der Waals surface area contributed by atoms with Gasteiger partial charge in [-0.25, -0.2) is 17.8 Å². The van der Waals surface area contributed by atoms with Crippen LogP contribution in [-0.4, -0.2) is 54.8 Å². The molecular weight excluding hydrogens is 507 g/mol. The van der Waals surface area contributed by atoms with E-state index in [0.717, 1.165) is 47.5 Å². The molecule has 194 valence electrons. The fourth-order valence-electron chi connectivity index (χ4n) is 4.67. The van der Waals surface area contributed by atoms with E-state index in [9.17, 15) is 22.4 Å². The van der Waals surface area contributed by atoms with Gasteiger partial charge >= 0.3 is 0 Å². The molecule has 1 saturated carbocycles. The van der Waals surface area contributed by atoms with Crippen LogP contribution in [0.1, 0.15) is 50.6 Å². The number of nitrogens with zero attached hydrogens (tertiary/aromatic N) is 3. The third kappa shape index (κ3) is 6.23. The number of anilines is 1. The van der Waals surface area contributed by atoms with Gasteiger partial charge in [-0.3, -0.25) is 14.5 Å². The Hall–Kier alpha value is -2.53. The van der Waals surface area contributed by atoms with E-state index >= 15 is 0 Å². The second-order valence-electron chi connectivity index (χ2n) is 9.25. The Bertz CT molecular complexity index is 1180. The summed E-state index contributed by atoms with van der Waals surface area (Å²) in [5, 5.41) is 4.86. The average molecular weight is 537 g/mol. The van der Waals surface area contributed by atoms with E-state index in [2.05, 4.69) is 5.32 Å². The number of carbonyl (C=O) groups is 2. The number of thiol groups is 1. The summed E-state index contributed by atoms with van der Waals surface area (Å²) in [6, 6.07) is 10.7. The topological polar surface area (TPSA) is 89.8 Å². The molecule has 1 aliphatic carbocycles. The summed E-state index contributed by atoms with van der Waals surface area (Å²) in [5.41, 5.74) is 0.492. The van der Waals surface area contributed by atoms with Crippen LogP contribution in [0, 0.1) is 5.82 Å². The van der Waals surface area contributed by atoms with Crippen molar-refractivity contribution in [3.8, 4) is 0 Å². The summed E-state index contributed by atoms with van der Waals surface area (Å²) in [5.74, 6) is -1.73. The van der Waals surface area contributed by atoms with Crippen LogP contribution < -0.4 is 10.2 Å². The highest BCUT2D eigenvalue weighted by Gasteiger charge is 2.41. The molecule has 4 rings (SSSR count). The zero-order valence-corrected chi connectivity index (χ0v) is 21.6. The van der Waals surface area contributed by atoms with Crippen LogP contribution in [0.25, 0.3) is 0 Å². The van der Waals surface area contributed by atoms with E-state index in [1.54, 1.807) is 29.3 Å². The highest BCUT2D eigenvalue weighted by molar-refractivity contribution is 7.69. The molecule has 8 nitrogen and oxygen atoms in total. The monoisotopic (exact) mass is 536 g/mol. The van der Waals surface area contributed by atoms with Gasteiger partial charge in [0.2, 0.25) is 22.7 Å². The van der Waals surface area contributed by atoms with Crippen LogP contribution in [0.4, 0.5) is 10.1 Å². The molecule has 2 fully saturated rings. The zero-order valence-electron chi connectivity index (χ0n) is 20.0. The maximum absolute atomic E-state index is 14.3. The third-order valence-electron chi connectivity index (χ3n) is 6.60. The Balaban J connectivity index is 1.76. The van der Waals surface area contributed by atoms with Crippen molar-refractivity contribution in [2.75, 3.05) is 18.0 Å². The van der Waals surface area contributed by atoms with Crippen molar-refractivity contribution >= 4 is 40.0 Å². The van der Waals surface area contributed by atoms with Crippen LogP contribution in [0.5, 0.6) is 0 Å². The van der Waals surface area contributed by atoms with Gasteiger partial charge in [0.25, 0.3) is 0 Å². The second-order valence-corrected chi connectivity index (χ2v) is 10.6. The van der Waals surface area contributed by atoms with Gasteiger partial charge in [0.1, 0.15) is 18.4 Å². The number of rotatable bonds is 9. The van der Waals surface area contributed by atoms with E-state index < -0.39 is 41.1 Å². The number of hydrazine groups is 1. The molecule has 0 radical (unpaired) electrons. The molecule has 1 aliphatic heterocycles. The summed E-state index contributed by atoms with van der Waals surface area (Å²) >= 11 is 6.50. The lowest BCUT2D eigenvalue weighted by molar-refractivity contribution is -0.127. The smallest absolute Gasteiger partial charge is 0.248 e. The Morgan fingerprint density at radius 3 is 2.44 bits per heavy atom. The number of halogens is 2. The predicted octanol–water partition coefficient (Wildman–Crippen LogP) is 3.45. The van der Waals surface area contributed by atoms with Gasteiger partial charge in [0.15, 0.2) is 0 Å². The number of benzene rings is 2. The molecule has 3 atom stereocenters. The van der Waals surface area contributed by atoms with Gasteiger partial charge in [-0.2, -0.15) is 0 Å². The molecule has 36 heavy (non-hydrogen) atoms. The number of hydrogen-bond acceptors (Lipinski definition) is 5. The summed E-state index contributed by atoms with van der Waals surface area (Å²) in [6.45, 7) is 1.80. The van der Waals surface area contributed by atoms with Crippen LogP contribution in [-0.2, 0) is 20.5 Å². The van der Waals surface area contributed by atoms with Crippen molar-refractivity contribution in [1.29, 1.82) is 0 Å². The molecule has 1 saturated heterocycles. The fraction of sp³-hybridized carbons (Fsp3) is 0.440. The van der Waals surface area contributed by atoms with Crippen LogP contribution in [0.3, 0.4) is 0 Å². The third-order valence-corrected chi connectivity index (χ3v) is 7.69. The lowest BCUT2D eigenvalue weighted by Crippen LogP contribution is -2.50. The molecule has 2 aromatic rings. The summed E-state index contributed by atoms with van der Waals surface area (Å²) in [4.78, 5) is 28.7. The Morgan fingerprint density at radius 1 is 1.14 bits per heavy atom. The molecule has 2 aliphatic rings. The van der Waals surface area contributed by atoms with E-state index in [4.69, 9.17) is 11.6 Å². The van der Waals surface area contributed by atoms with Crippen LogP contribution >= 0.6 is 11.6 Å². The van der Waals surface area contributed by atoms with Gasteiger partial charge in [-0.15, -0.1) is 4.41 Å². The molecule has 2 aromatic carbocycles. The largest absolute Gasteiger partial charge is 0.351 e. The van der Waals surface area contributed by atoms with Crippen LogP contribution in [0.2, 0.25) is 5.02 Å². The number of amides is 2. The van der Waals surface area contributed by atoms with Crippen molar-refractivity contribution in [2.45, 2.75) is 57.2 Å². The van der Waals surface area contributed by atoms with E-state index in [-0.39, 0.29) is 22.8 Å². The molecule has 11 heteroatoms. The fourth-order valence-corrected chi connectivity index (χ4v) is 5.58. The van der Waals surface area contributed by atoms with Gasteiger partial charge in [-0.05, 0) is 44.0 Å². The molecule has 0 bridgehead atoms. The first kappa shape index (κ1) is 26.5. The van der Waals surface area contributed by atoms with Gasteiger partial charge in [0, 0.05) is 34.9 Å². The van der Waals surface area contributed by atoms with Gasteiger partial charge < -0.3 is 5.32 Å². The molecule has 2 unspecified atom stereocenters. The lowest BCUT2D eigenvalue weighted by Gasteiger charge is -2.34. The van der Waals surface area contributed by atoms with Gasteiger partial charge in [-0.1, -0.05) is 55.1 Å². The number of hydrogen-bond donors (Lipinski definition) is 2. The van der Waals surface area contributed by atoms with Crippen molar-refractivity contribution in [3.63, 3.8) is 0 Å². The van der Waals surface area contributed by atoms with Crippen molar-refractivity contribution in [3.05, 3.63) is 64.9 Å². The highest BCUT2D eigenvalue weighted by Crippen LogP contribution is 2.34. The maximum atomic E-state index is 14.3. The van der Waals surface area contributed by atoms with Crippen molar-refractivity contribution in [2.24, 2.45) is 0 Å². The lowest BCUT2D eigenvalue weighted by atomic mass is 9.94. The second kappa shape index (κ2) is 11.7. The average Bonchev–Trinajstić information content (AvgIpc) is 3.57. The predicted molar refractivity (Wildman–Crippen MR) is 136 cm³/mol. The molecule has 2 amide bonds. The zero-order chi connectivity index (χ0) is 25.8. The van der Waals surface area contributed by atoms with E-state index in [0.29, 0.717) is 12.1 Å². The first-order chi connectivity index (χ1) is 17.3. The minimum absolute atomic E-state index is 0.0257. The first-order valence-electron chi connectivity index (χ1n) is 12.1.